The van der Waals surface area contributed by atoms with Gasteiger partial charge in [-0.3, -0.25) is 16.0 Å². The molecule has 0 fully saturated rings. The van der Waals surface area contributed by atoms with Crippen LogP contribution in [-0.2, 0) is 0 Å². The Morgan fingerprint density at radius 2 is 1.62 bits per heavy atom. The first-order chi connectivity index (χ1) is 11.4. The molecule has 0 unspecified atom stereocenters. The summed E-state index contributed by atoms with van der Waals surface area (Å²) in [6.45, 7) is 0. The minimum Gasteiger partial charge on any atom is -0.396 e. The van der Waals surface area contributed by atoms with E-state index in [1.54, 1.807) is 24.3 Å². The van der Waals surface area contributed by atoms with Crippen molar-refractivity contribution in [2.75, 3.05) is 10.7 Å². The summed E-state index contributed by atoms with van der Waals surface area (Å²) < 4.78 is 12.2. The number of halogens is 1. The van der Waals surface area contributed by atoms with E-state index >= 15 is 0 Å². The zero-order valence-corrected chi connectivity index (χ0v) is 13.3. The van der Waals surface area contributed by atoms with Crippen LogP contribution in [0.1, 0.15) is 0 Å². The number of hydrogen-bond acceptors (Lipinski definition) is 7. The van der Waals surface area contributed by atoms with E-state index in [2.05, 4.69) is 5.10 Å². The number of amidine groups is 2. The average molecular weight is 345 g/mol. The first-order valence-electron chi connectivity index (χ1n) is 6.73. The quantitative estimate of drug-likeness (QED) is 0.419. The lowest BCUT2D eigenvalue weighted by atomic mass is 10.3. The third-order valence-electron chi connectivity index (χ3n) is 3.04. The molecule has 1 heterocycles. The SMILES string of the molecule is N=C1C(=N)N(c2ccc(SN)cc2)N=C1N.Nc1ccccc1F. The van der Waals surface area contributed by atoms with Gasteiger partial charge < -0.3 is 11.5 Å². The standard InChI is InChI=1S/C9H10N6S.C6H6FN/c10-7-8(11)14-15(9(7)12)5-1-3-6(16-13)4-2-5;7-5-3-1-2-4-6(5)8/h1-4,10,12H,13H2,(H2,11,14);1-4H,8H2. The predicted molar refractivity (Wildman–Crippen MR) is 96.9 cm³/mol. The van der Waals surface area contributed by atoms with Gasteiger partial charge in [0.2, 0.25) is 0 Å². The van der Waals surface area contributed by atoms with Gasteiger partial charge >= 0.3 is 0 Å². The van der Waals surface area contributed by atoms with Crippen LogP contribution in [0.3, 0.4) is 0 Å². The second-order valence-corrected chi connectivity index (χ2v) is 5.36. The molecule has 124 valence electrons. The van der Waals surface area contributed by atoms with Gasteiger partial charge in [0.15, 0.2) is 11.7 Å². The van der Waals surface area contributed by atoms with E-state index in [1.807, 2.05) is 12.1 Å². The molecule has 0 spiro atoms. The Bertz CT molecular complexity index is 768. The summed E-state index contributed by atoms with van der Waals surface area (Å²) in [5.74, 6) is -0.319. The molecular weight excluding hydrogens is 329 g/mol. The van der Waals surface area contributed by atoms with Crippen LogP contribution in [0.2, 0.25) is 0 Å². The molecule has 9 heteroatoms. The number of anilines is 2. The van der Waals surface area contributed by atoms with Crippen molar-refractivity contribution in [1.82, 2.24) is 0 Å². The molecule has 0 aromatic heterocycles. The fourth-order valence-electron chi connectivity index (χ4n) is 1.76. The largest absolute Gasteiger partial charge is 0.396 e. The van der Waals surface area contributed by atoms with Crippen LogP contribution >= 0.6 is 11.9 Å². The van der Waals surface area contributed by atoms with Gasteiger partial charge in [-0.25, -0.2) is 9.40 Å². The summed E-state index contributed by atoms with van der Waals surface area (Å²) in [6, 6.07) is 13.3. The summed E-state index contributed by atoms with van der Waals surface area (Å²) in [5.41, 5.74) is 11.4. The van der Waals surface area contributed by atoms with Crippen LogP contribution in [0, 0.1) is 16.6 Å². The number of benzene rings is 2. The van der Waals surface area contributed by atoms with E-state index in [4.69, 9.17) is 27.4 Å². The summed E-state index contributed by atoms with van der Waals surface area (Å²) in [7, 11) is 0. The van der Waals surface area contributed by atoms with Crippen molar-refractivity contribution in [3.05, 3.63) is 54.3 Å². The van der Waals surface area contributed by atoms with E-state index in [-0.39, 0.29) is 28.9 Å². The lowest BCUT2D eigenvalue weighted by molar-refractivity contribution is 0.632. The van der Waals surface area contributed by atoms with E-state index in [0.29, 0.717) is 5.69 Å². The highest BCUT2D eigenvalue weighted by molar-refractivity contribution is 7.97. The van der Waals surface area contributed by atoms with Gasteiger partial charge in [0, 0.05) is 4.90 Å². The molecule has 0 bridgehead atoms. The summed E-state index contributed by atoms with van der Waals surface area (Å²) in [4.78, 5) is 0.918. The average Bonchev–Trinajstić information content (AvgIpc) is 2.86. The van der Waals surface area contributed by atoms with Crippen LogP contribution in [-0.4, -0.2) is 17.4 Å². The second-order valence-electron chi connectivity index (χ2n) is 4.65. The van der Waals surface area contributed by atoms with Crippen LogP contribution in [0.5, 0.6) is 0 Å². The van der Waals surface area contributed by atoms with Crippen LogP contribution < -0.4 is 21.6 Å². The van der Waals surface area contributed by atoms with E-state index in [9.17, 15) is 4.39 Å². The molecule has 8 N–H and O–H groups in total. The van der Waals surface area contributed by atoms with Gasteiger partial charge in [0.25, 0.3) is 0 Å². The number of nitrogens with one attached hydrogen (secondary N) is 2. The van der Waals surface area contributed by atoms with Crippen LogP contribution in [0.4, 0.5) is 15.8 Å². The first-order valence-corrected chi connectivity index (χ1v) is 7.61. The molecular formula is C15H16FN7S. The lowest BCUT2D eigenvalue weighted by Crippen LogP contribution is -2.28. The van der Waals surface area contributed by atoms with Crippen molar-refractivity contribution in [3.8, 4) is 0 Å². The van der Waals surface area contributed by atoms with Crippen molar-refractivity contribution in [2.45, 2.75) is 4.90 Å². The van der Waals surface area contributed by atoms with Crippen molar-refractivity contribution in [1.29, 1.82) is 10.8 Å². The van der Waals surface area contributed by atoms with E-state index < -0.39 is 0 Å². The Morgan fingerprint density at radius 1 is 1.00 bits per heavy atom. The number of para-hydroxylation sites is 1. The molecule has 2 aromatic carbocycles. The molecule has 0 saturated carbocycles. The molecule has 0 saturated heterocycles. The Kier molecular flexibility index (Phi) is 5.51. The highest BCUT2D eigenvalue weighted by Crippen LogP contribution is 2.21. The van der Waals surface area contributed by atoms with Crippen molar-refractivity contribution >= 4 is 40.7 Å². The third-order valence-corrected chi connectivity index (χ3v) is 3.58. The molecule has 7 nitrogen and oxygen atoms in total. The Labute approximate surface area is 142 Å². The minimum atomic E-state index is -0.354. The summed E-state index contributed by atoms with van der Waals surface area (Å²) in [6.07, 6.45) is 0. The molecule has 1 aliphatic rings. The maximum Gasteiger partial charge on any atom is 0.175 e. The molecule has 0 radical (unpaired) electrons. The smallest absolute Gasteiger partial charge is 0.175 e. The predicted octanol–water partition coefficient (Wildman–Crippen LogP) is 2.15. The number of nitrogens with two attached hydrogens (primary N) is 3. The fraction of sp³-hybridized carbons (Fsp3) is 0. The highest BCUT2D eigenvalue weighted by atomic mass is 32.2. The van der Waals surface area contributed by atoms with Gasteiger partial charge in [0.05, 0.1) is 11.4 Å². The van der Waals surface area contributed by atoms with Crippen LogP contribution in [0.15, 0.2) is 58.5 Å². The Morgan fingerprint density at radius 3 is 2.04 bits per heavy atom. The number of hydrogen-bond donors (Lipinski definition) is 5. The molecule has 0 aliphatic carbocycles. The molecule has 0 atom stereocenters. The number of nitrogen functional groups attached to an aromatic ring is 1. The second kappa shape index (κ2) is 7.57. The monoisotopic (exact) mass is 345 g/mol. The normalized spacial score (nSPS) is 13.4. The van der Waals surface area contributed by atoms with Crippen molar-refractivity contribution in [3.63, 3.8) is 0 Å². The summed E-state index contributed by atoms with van der Waals surface area (Å²) >= 11 is 1.15. The van der Waals surface area contributed by atoms with Crippen molar-refractivity contribution < 1.29 is 4.39 Å². The minimum absolute atomic E-state index is 0.0225. The first kappa shape index (κ1) is 17.4. The zero-order valence-electron chi connectivity index (χ0n) is 12.5. The molecule has 3 rings (SSSR count). The number of rotatable bonds is 2. The molecule has 2 aromatic rings. The molecule has 1 aliphatic heterocycles. The fourth-order valence-corrected chi connectivity index (χ4v) is 2.06. The Hall–Kier alpha value is -2.91. The zero-order chi connectivity index (χ0) is 17.7. The maximum absolute atomic E-state index is 12.2. The lowest BCUT2D eigenvalue weighted by Gasteiger charge is -2.13. The Balaban J connectivity index is 0.000000219. The molecule has 24 heavy (non-hydrogen) atoms. The summed E-state index contributed by atoms with van der Waals surface area (Å²) in [5, 5.41) is 25.8. The van der Waals surface area contributed by atoms with Gasteiger partial charge in [-0.05, 0) is 48.3 Å². The van der Waals surface area contributed by atoms with E-state index in [0.717, 1.165) is 16.8 Å². The van der Waals surface area contributed by atoms with Gasteiger partial charge in [-0.2, -0.15) is 0 Å². The van der Waals surface area contributed by atoms with Crippen molar-refractivity contribution in [2.24, 2.45) is 16.0 Å². The number of hydrazone groups is 1. The van der Waals surface area contributed by atoms with Crippen LogP contribution in [0.25, 0.3) is 0 Å². The third kappa shape index (κ3) is 3.89. The van der Waals surface area contributed by atoms with E-state index in [1.165, 1.54) is 17.1 Å². The molecule has 0 amide bonds. The number of nitrogens with zero attached hydrogens (tertiary/aromatic N) is 2. The van der Waals surface area contributed by atoms with Gasteiger partial charge in [0.1, 0.15) is 11.5 Å². The topological polar surface area (TPSA) is 141 Å². The highest BCUT2D eigenvalue weighted by Gasteiger charge is 2.26. The van der Waals surface area contributed by atoms with Gasteiger partial charge in [-0.1, -0.05) is 12.1 Å². The van der Waals surface area contributed by atoms with Gasteiger partial charge in [-0.15, -0.1) is 5.10 Å². The maximum atomic E-state index is 12.2.